The molecule has 0 fully saturated rings. The zero-order valence-corrected chi connectivity index (χ0v) is 5.61. The Hall–Kier alpha value is -1.45. The van der Waals surface area contributed by atoms with Gasteiger partial charge < -0.3 is 0 Å². The van der Waals surface area contributed by atoms with E-state index in [0.717, 1.165) is 5.56 Å². The fourth-order valence-corrected chi connectivity index (χ4v) is 0.680. The molecular weight excluding hydrogens is 130 g/mol. The molecule has 0 amide bonds. The van der Waals surface area contributed by atoms with E-state index in [4.69, 9.17) is 0 Å². The summed E-state index contributed by atoms with van der Waals surface area (Å²) in [5, 5.41) is 7.25. The number of nitrogens with zero attached hydrogens (tertiary/aromatic N) is 3. The SMILES string of the molecule is C=Nn1ncc(C)c1C=O. The minimum atomic E-state index is 0.454. The van der Waals surface area contributed by atoms with Gasteiger partial charge in [-0.05, 0) is 6.92 Å². The van der Waals surface area contributed by atoms with Gasteiger partial charge in [0.25, 0.3) is 0 Å². The lowest BCUT2D eigenvalue weighted by Crippen LogP contribution is -1.96. The van der Waals surface area contributed by atoms with E-state index >= 15 is 0 Å². The molecule has 0 spiro atoms. The Morgan fingerprint density at radius 2 is 2.60 bits per heavy atom. The van der Waals surface area contributed by atoms with Gasteiger partial charge in [-0.25, -0.2) is 0 Å². The highest BCUT2D eigenvalue weighted by Gasteiger charge is 2.02. The third kappa shape index (κ3) is 0.834. The number of aldehydes is 1. The molecule has 0 bridgehead atoms. The fraction of sp³-hybridized carbons (Fsp3) is 0.167. The van der Waals surface area contributed by atoms with Crippen molar-refractivity contribution in [3.8, 4) is 0 Å². The fourth-order valence-electron chi connectivity index (χ4n) is 0.680. The third-order valence-corrected chi connectivity index (χ3v) is 1.23. The zero-order chi connectivity index (χ0) is 7.56. The number of hydrogen-bond acceptors (Lipinski definition) is 3. The number of hydrogen-bond donors (Lipinski definition) is 0. The molecule has 0 saturated heterocycles. The first kappa shape index (κ1) is 6.67. The molecule has 0 aliphatic heterocycles. The Bertz CT molecular complexity index is 264. The van der Waals surface area contributed by atoms with Gasteiger partial charge in [0.15, 0.2) is 6.29 Å². The molecule has 0 N–H and O–H groups in total. The predicted octanol–water partition coefficient (Wildman–Crippen LogP) is 0.468. The minimum absolute atomic E-state index is 0.454. The lowest BCUT2D eigenvalue weighted by atomic mass is 10.3. The summed E-state index contributed by atoms with van der Waals surface area (Å²) >= 11 is 0. The summed E-state index contributed by atoms with van der Waals surface area (Å²) in [6.45, 7) is 5.03. The van der Waals surface area contributed by atoms with E-state index in [-0.39, 0.29) is 0 Å². The van der Waals surface area contributed by atoms with Gasteiger partial charge in [0, 0.05) is 12.3 Å². The van der Waals surface area contributed by atoms with Crippen molar-refractivity contribution in [2.45, 2.75) is 6.92 Å². The van der Waals surface area contributed by atoms with Crippen molar-refractivity contribution in [2.24, 2.45) is 5.10 Å². The Morgan fingerprint density at radius 1 is 1.90 bits per heavy atom. The second kappa shape index (κ2) is 2.43. The Morgan fingerprint density at radius 3 is 3.00 bits per heavy atom. The second-order valence-corrected chi connectivity index (χ2v) is 1.86. The van der Waals surface area contributed by atoms with Crippen LogP contribution < -0.4 is 0 Å². The van der Waals surface area contributed by atoms with Gasteiger partial charge in [-0.15, -0.1) is 4.79 Å². The number of aryl methyl sites for hydroxylation is 1. The first-order valence-corrected chi connectivity index (χ1v) is 2.76. The largest absolute Gasteiger partial charge is 0.296 e. The molecule has 10 heavy (non-hydrogen) atoms. The minimum Gasteiger partial charge on any atom is -0.296 e. The van der Waals surface area contributed by atoms with Gasteiger partial charge in [0.1, 0.15) is 5.69 Å². The molecule has 1 aromatic heterocycles. The molecule has 0 radical (unpaired) electrons. The maximum atomic E-state index is 10.3. The van der Waals surface area contributed by atoms with Crippen molar-refractivity contribution in [3.63, 3.8) is 0 Å². The summed E-state index contributed by atoms with van der Waals surface area (Å²) in [5.74, 6) is 0. The monoisotopic (exact) mass is 137 g/mol. The van der Waals surface area contributed by atoms with Gasteiger partial charge in [-0.3, -0.25) is 4.79 Å². The molecule has 0 saturated carbocycles. The summed E-state index contributed by atoms with van der Waals surface area (Å²) in [5.41, 5.74) is 1.26. The summed E-state index contributed by atoms with van der Waals surface area (Å²) in [6.07, 6.45) is 2.27. The van der Waals surface area contributed by atoms with E-state index in [1.54, 1.807) is 13.1 Å². The molecule has 0 aromatic carbocycles. The van der Waals surface area contributed by atoms with Crippen LogP contribution in [-0.4, -0.2) is 22.9 Å². The zero-order valence-electron chi connectivity index (χ0n) is 5.61. The van der Waals surface area contributed by atoms with Crippen molar-refractivity contribution in [3.05, 3.63) is 17.5 Å². The maximum Gasteiger partial charge on any atom is 0.170 e. The Labute approximate surface area is 58.2 Å². The molecule has 0 aliphatic rings. The van der Waals surface area contributed by atoms with Crippen LogP contribution in [0.1, 0.15) is 16.1 Å². The van der Waals surface area contributed by atoms with E-state index in [0.29, 0.717) is 12.0 Å². The van der Waals surface area contributed by atoms with Crippen molar-refractivity contribution >= 4 is 13.0 Å². The highest BCUT2D eigenvalue weighted by Crippen LogP contribution is 2.02. The van der Waals surface area contributed by atoms with E-state index in [1.807, 2.05) is 0 Å². The summed E-state index contributed by atoms with van der Waals surface area (Å²) < 4.78 is 0. The lowest BCUT2D eigenvalue weighted by molar-refractivity contribution is 0.111. The quantitative estimate of drug-likeness (QED) is 0.439. The topological polar surface area (TPSA) is 47.2 Å². The first-order valence-electron chi connectivity index (χ1n) is 2.76. The van der Waals surface area contributed by atoms with Crippen LogP contribution in [0.4, 0.5) is 0 Å². The number of aromatic nitrogens is 2. The van der Waals surface area contributed by atoms with Gasteiger partial charge in [-0.1, -0.05) is 0 Å². The number of carbonyl (C=O) groups excluding carboxylic acids is 1. The van der Waals surface area contributed by atoms with Gasteiger partial charge in [0.2, 0.25) is 0 Å². The van der Waals surface area contributed by atoms with E-state index in [1.165, 1.54) is 4.79 Å². The van der Waals surface area contributed by atoms with Crippen molar-refractivity contribution < 1.29 is 4.79 Å². The van der Waals surface area contributed by atoms with Gasteiger partial charge in [-0.2, -0.15) is 10.2 Å². The number of carbonyl (C=O) groups is 1. The molecule has 0 unspecified atom stereocenters. The standard InChI is InChI=1S/C6H7N3O/c1-5-3-8-9(7-2)6(5)4-10/h3-4H,2H2,1H3. The average molecular weight is 137 g/mol. The molecule has 0 atom stereocenters. The summed E-state index contributed by atoms with van der Waals surface area (Å²) in [4.78, 5) is 11.5. The smallest absolute Gasteiger partial charge is 0.170 e. The van der Waals surface area contributed by atoms with Crippen LogP contribution in [0.25, 0.3) is 0 Å². The number of rotatable bonds is 2. The third-order valence-electron chi connectivity index (χ3n) is 1.23. The van der Waals surface area contributed by atoms with Crippen LogP contribution in [0.15, 0.2) is 11.3 Å². The highest BCUT2D eigenvalue weighted by molar-refractivity contribution is 5.74. The van der Waals surface area contributed by atoms with Crippen LogP contribution in [0, 0.1) is 6.92 Å². The summed E-state index contributed by atoms with van der Waals surface area (Å²) in [6, 6.07) is 0. The second-order valence-electron chi connectivity index (χ2n) is 1.86. The molecule has 0 aliphatic carbocycles. The molecule has 1 aromatic rings. The van der Waals surface area contributed by atoms with Crippen molar-refractivity contribution in [1.82, 2.24) is 9.89 Å². The molecule has 1 heterocycles. The first-order chi connectivity index (χ1) is 4.79. The maximum absolute atomic E-state index is 10.3. The van der Waals surface area contributed by atoms with Crippen LogP contribution >= 0.6 is 0 Å². The normalized spacial score (nSPS) is 9.30. The summed E-state index contributed by atoms with van der Waals surface area (Å²) in [7, 11) is 0. The molecule has 1 rings (SSSR count). The highest BCUT2D eigenvalue weighted by atomic mass is 16.1. The van der Waals surface area contributed by atoms with Crippen LogP contribution in [-0.2, 0) is 0 Å². The van der Waals surface area contributed by atoms with Gasteiger partial charge in [0.05, 0.1) is 6.20 Å². The van der Waals surface area contributed by atoms with E-state index in [2.05, 4.69) is 16.9 Å². The Balaban J connectivity index is 3.25. The van der Waals surface area contributed by atoms with Crippen LogP contribution in [0.5, 0.6) is 0 Å². The molecule has 4 heteroatoms. The van der Waals surface area contributed by atoms with E-state index < -0.39 is 0 Å². The molecular formula is C6H7N3O. The van der Waals surface area contributed by atoms with E-state index in [9.17, 15) is 4.79 Å². The average Bonchev–Trinajstić information content (AvgIpc) is 2.30. The van der Waals surface area contributed by atoms with Gasteiger partial charge >= 0.3 is 0 Å². The molecule has 4 nitrogen and oxygen atoms in total. The predicted molar refractivity (Wildman–Crippen MR) is 37.3 cm³/mol. The Kier molecular flexibility index (Phi) is 1.62. The van der Waals surface area contributed by atoms with Crippen molar-refractivity contribution in [2.75, 3.05) is 0 Å². The molecule has 52 valence electrons. The van der Waals surface area contributed by atoms with Crippen LogP contribution in [0.3, 0.4) is 0 Å². The lowest BCUT2D eigenvalue weighted by Gasteiger charge is -1.90. The van der Waals surface area contributed by atoms with Crippen molar-refractivity contribution in [1.29, 1.82) is 0 Å². The van der Waals surface area contributed by atoms with Crippen LogP contribution in [0.2, 0.25) is 0 Å².